The summed E-state index contributed by atoms with van der Waals surface area (Å²) < 4.78 is 13.0. The fourth-order valence-electron chi connectivity index (χ4n) is 4.54. The number of nitrogens with zero attached hydrogens (tertiary/aromatic N) is 2. The van der Waals surface area contributed by atoms with Crippen molar-refractivity contribution in [2.24, 2.45) is 5.92 Å². The highest BCUT2D eigenvalue weighted by molar-refractivity contribution is 7.99. The molecular formula is C31H32N4O4S. The number of carbonyl (C=O) groups is 1. The Morgan fingerprint density at radius 1 is 0.900 bits per heavy atom. The number of hydrogen-bond donors (Lipinski definition) is 3. The van der Waals surface area contributed by atoms with Crippen LogP contribution in [0.2, 0.25) is 0 Å². The Morgan fingerprint density at radius 2 is 1.68 bits per heavy atom. The van der Waals surface area contributed by atoms with Crippen molar-refractivity contribution in [2.45, 2.75) is 43.7 Å². The van der Waals surface area contributed by atoms with Crippen LogP contribution < -0.4 is 10.6 Å². The second-order valence-electron chi connectivity index (χ2n) is 9.58. The highest BCUT2D eigenvalue weighted by Gasteiger charge is 2.38. The number of ether oxygens (including phenoxy) is 2. The Hall–Kier alpha value is -3.76. The number of carbonyl (C=O) groups excluding carboxylic acids is 1. The summed E-state index contributed by atoms with van der Waals surface area (Å²) in [5.41, 5.74) is 4.32. The largest absolute Gasteiger partial charge is 0.392 e. The van der Waals surface area contributed by atoms with Gasteiger partial charge in [0.2, 0.25) is 0 Å². The summed E-state index contributed by atoms with van der Waals surface area (Å²) in [4.78, 5) is 21.2. The highest BCUT2D eigenvalue weighted by atomic mass is 32.2. The van der Waals surface area contributed by atoms with Gasteiger partial charge >= 0.3 is 6.03 Å². The van der Waals surface area contributed by atoms with Crippen molar-refractivity contribution < 1.29 is 19.4 Å². The van der Waals surface area contributed by atoms with Gasteiger partial charge in [-0.1, -0.05) is 85.4 Å². The number of urea groups is 1. The molecule has 2 amide bonds. The first-order valence-corrected chi connectivity index (χ1v) is 14.2. The van der Waals surface area contributed by atoms with E-state index in [1.807, 2.05) is 78.9 Å². The molecule has 1 aliphatic rings. The lowest BCUT2D eigenvalue weighted by atomic mass is 9.91. The molecule has 3 N–H and O–H groups in total. The first kappa shape index (κ1) is 27.8. The van der Waals surface area contributed by atoms with Gasteiger partial charge in [-0.2, -0.15) is 0 Å². The first-order valence-electron chi connectivity index (χ1n) is 13.2. The topological polar surface area (TPSA) is 106 Å². The average Bonchev–Trinajstić information content (AvgIpc) is 3.01. The number of thioether (sulfide) groups is 1. The van der Waals surface area contributed by atoms with Gasteiger partial charge in [0.15, 0.2) is 11.4 Å². The number of aliphatic hydroxyl groups excluding tert-OH is 1. The number of amides is 2. The minimum absolute atomic E-state index is 0.0118. The van der Waals surface area contributed by atoms with Crippen molar-refractivity contribution in [2.75, 3.05) is 11.1 Å². The van der Waals surface area contributed by atoms with Gasteiger partial charge in [-0.15, -0.1) is 0 Å². The van der Waals surface area contributed by atoms with Crippen LogP contribution >= 0.6 is 11.8 Å². The van der Waals surface area contributed by atoms with Crippen LogP contribution in [0.25, 0.3) is 0 Å². The number of nitrogens with one attached hydrogen (secondary N) is 2. The van der Waals surface area contributed by atoms with E-state index in [1.54, 1.807) is 30.2 Å². The number of rotatable bonds is 9. The molecule has 0 spiro atoms. The third-order valence-electron chi connectivity index (χ3n) is 6.75. The number of hydrogen-bond acceptors (Lipinski definition) is 7. The zero-order valence-corrected chi connectivity index (χ0v) is 23.0. The summed E-state index contributed by atoms with van der Waals surface area (Å²) in [5.74, 6) is 0.688. The summed E-state index contributed by atoms with van der Waals surface area (Å²) in [5, 5.41) is 16.0. The molecule has 40 heavy (non-hydrogen) atoms. The van der Waals surface area contributed by atoms with Crippen LogP contribution in [-0.2, 0) is 22.6 Å². The van der Waals surface area contributed by atoms with Crippen LogP contribution in [0.5, 0.6) is 0 Å². The second kappa shape index (κ2) is 13.5. The van der Waals surface area contributed by atoms with Crippen molar-refractivity contribution in [3.05, 3.63) is 120 Å². The normalized spacial score (nSPS) is 20.6. The Kier molecular flexibility index (Phi) is 9.41. The molecule has 0 aliphatic carbocycles. The Morgan fingerprint density at radius 3 is 2.42 bits per heavy atom. The number of aromatic nitrogens is 2. The van der Waals surface area contributed by atoms with E-state index < -0.39 is 6.29 Å². The molecule has 1 fully saturated rings. The molecular weight excluding hydrogens is 524 g/mol. The van der Waals surface area contributed by atoms with Crippen molar-refractivity contribution in [1.82, 2.24) is 15.3 Å². The van der Waals surface area contributed by atoms with Gasteiger partial charge < -0.3 is 25.2 Å². The van der Waals surface area contributed by atoms with Gasteiger partial charge in [0.05, 0.1) is 18.8 Å². The van der Waals surface area contributed by atoms with E-state index in [2.05, 4.69) is 27.5 Å². The molecule has 4 aromatic rings. The molecule has 3 aromatic carbocycles. The standard InChI is InChI=1S/C31H32N4O4S/c1-21-27(20-40-31-32-15-6-16-33-31)38-29(39-28(21)24-13-11-23(19-36)12-14-24)25-9-5-10-26(17-25)35-30(37)34-18-22-7-3-2-4-8-22/h2-17,21,27-29,36H,18-20H2,1H3,(H2,34,35,37)/t21-,27+,28+,29+/m0/s1. The van der Waals surface area contributed by atoms with Gasteiger partial charge in [-0.25, -0.2) is 14.8 Å². The number of aliphatic hydroxyl groups is 1. The molecule has 8 nitrogen and oxygen atoms in total. The molecule has 0 saturated carbocycles. The molecule has 1 aliphatic heterocycles. The second-order valence-corrected chi connectivity index (χ2v) is 10.6. The number of benzene rings is 3. The van der Waals surface area contributed by atoms with E-state index in [0.717, 1.165) is 22.3 Å². The van der Waals surface area contributed by atoms with E-state index in [4.69, 9.17) is 9.47 Å². The molecule has 0 radical (unpaired) electrons. The van der Waals surface area contributed by atoms with Gasteiger partial charge in [-0.05, 0) is 34.9 Å². The molecule has 1 aromatic heterocycles. The van der Waals surface area contributed by atoms with Gasteiger partial charge in [0.1, 0.15) is 0 Å². The molecule has 0 unspecified atom stereocenters. The van der Waals surface area contributed by atoms with Crippen LogP contribution in [0, 0.1) is 5.92 Å². The molecule has 0 bridgehead atoms. The molecule has 2 heterocycles. The molecule has 206 valence electrons. The minimum Gasteiger partial charge on any atom is -0.392 e. The maximum absolute atomic E-state index is 12.6. The van der Waals surface area contributed by atoms with Crippen LogP contribution in [-0.4, -0.2) is 33.0 Å². The summed E-state index contributed by atoms with van der Waals surface area (Å²) in [7, 11) is 0. The van der Waals surface area contributed by atoms with Crippen molar-refractivity contribution in [3.63, 3.8) is 0 Å². The van der Waals surface area contributed by atoms with E-state index in [1.165, 1.54) is 0 Å². The Balaban J connectivity index is 1.32. The average molecular weight is 557 g/mol. The van der Waals surface area contributed by atoms with Crippen LogP contribution in [0.1, 0.15) is 41.6 Å². The maximum Gasteiger partial charge on any atom is 0.319 e. The molecule has 9 heteroatoms. The zero-order valence-electron chi connectivity index (χ0n) is 22.1. The Bertz CT molecular complexity index is 1380. The smallest absolute Gasteiger partial charge is 0.319 e. The summed E-state index contributed by atoms with van der Waals surface area (Å²) in [6, 6.07) is 26.6. The van der Waals surface area contributed by atoms with Crippen LogP contribution in [0.3, 0.4) is 0 Å². The SMILES string of the molecule is C[C@H]1[C@@H](CSc2ncccn2)O[C@@H](c2cccc(NC(=O)NCc3ccccc3)c2)O[C@H]1c1ccc(CO)cc1. The quantitative estimate of drug-likeness (QED) is 0.175. The van der Waals surface area contributed by atoms with E-state index in [9.17, 15) is 9.90 Å². The third kappa shape index (κ3) is 7.25. The lowest BCUT2D eigenvalue weighted by molar-refractivity contribution is -0.268. The van der Waals surface area contributed by atoms with Gasteiger partial charge in [0, 0.05) is 41.9 Å². The lowest BCUT2D eigenvalue weighted by Gasteiger charge is -2.41. The van der Waals surface area contributed by atoms with Crippen molar-refractivity contribution in [1.29, 1.82) is 0 Å². The predicted molar refractivity (Wildman–Crippen MR) is 154 cm³/mol. The fourth-order valence-corrected chi connectivity index (χ4v) is 5.51. The summed E-state index contributed by atoms with van der Waals surface area (Å²) in [6.45, 7) is 2.54. The predicted octanol–water partition coefficient (Wildman–Crippen LogP) is 5.87. The van der Waals surface area contributed by atoms with E-state index in [0.29, 0.717) is 23.1 Å². The molecule has 1 saturated heterocycles. The third-order valence-corrected chi connectivity index (χ3v) is 7.72. The summed E-state index contributed by atoms with van der Waals surface area (Å²) in [6.07, 6.45) is 2.43. The monoisotopic (exact) mass is 556 g/mol. The minimum atomic E-state index is -0.643. The van der Waals surface area contributed by atoms with Crippen LogP contribution in [0.15, 0.2) is 102 Å². The van der Waals surface area contributed by atoms with Crippen LogP contribution in [0.4, 0.5) is 10.5 Å². The lowest BCUT2D eigenvalue weighted by Crippen LogP contribution is -2.38. The van der Waals surface area contributed by atoms with Crippen molar-refractivity contribution in [3.8, 4) is 0 Å². The van der Waals surface area contributed by atoms with E-state index in [-0.39, 0.29) is 30.8 Å². The van der Waals surface area contributed by atoms with Gasteiger partial charge in [-0.3, -0.25) is 0 Å². The zero-order chi connectivity index (χ0) is 27.7. The maximum atomic E-state index is 12.6. The summed E-state index contributed by atoms with van der Waals surface area (Å²) >= 11 is 1.55. The van der Waals surface area contributed by atoms with E-state index >= 15 is 0 Å². The number of anilines is 1. The Labute approximate surface area is 238 Å². The van der Waals surface area contributed by atoms with Crippen molar-refractivity contribution >= 4 is 23.5 Å². The molecule has 4 atom stereocenters. The van der Waals surface area contributed by atoms with Gasteiger partial charge in [0.25, 0.3) is 0 Å². The first-order chi connectivity index (χ1) is 19.6. The highest BCUT2D eigenvalue weighted by Crippen LogP contribution is 2.43. The molecule has 5 rings (SSSR count). The fraction of sp³-hybridized carbons (Fsp3) is 0.258.